The number of likely N-dealkylation sites (N-methyl/N-ethyl adjacent to an activating group) is 1. The minimum atomic E-state index is 0.559. The van der Waals surface area contributed by atoms with Gasteiger partial charge in [-0.3, -0.25) is 4.99 Å². The molecule has 0 aromatic heterocycles. The fraction of sp³-hybridized carbons (Fsp3) is 0.933. The lowest BCUT2D eigenvalue weighted by Crippen LogP contribution is -2.46. The van der Waals surface area contributed by atoms with Crippen molar-refractivity contribution in [3.63, 3.8) is 0 Å². The molecule has 5 heteroatoms. The molecule has 3 N–H and O–H groups in total. The molecule has 1 unspecified atom stereocenters. The van der Waals surface area contributed by atoms with E-state index in [1.54, 1.807) is 0 Å². The second kappa shape index (κ2) is 9.19. The first-order valence-electron chi connectivity index (χ1n) is 7.92. The third kappa shape index (κ3) is 7.70. The van der Waals surface area contributed by atoms with Crippen molar-refractivity contribution in [1.29, 1.82) is 0 Å². The van der Waals surface area contributed by atoms with E-state index in [1.165, 1.54) is 26.2 Å². The minimum Gasteiger partial charge on any atom is -0.370 e. The van der Waals surface area contributed by atoms with Gasteiger partial charge in [-0.25, -0.2) is 0 Å². The summed E-state index contributed by atoms with van der Waals surface area (Å²) in [5.74, 6) is 1.85. The smallest absolute Gasteiger partial charge is 0.188 e. The first-order valence-corrected chi connectivity index (χ1v) is 7.92. The molecule has 1 fully saturated rings. The van der Waals surface area contributed by atoms with Gasteiger partial charge in [0, 0.05) is 45.8 Å². The third-order valence-corrected chi connectivity index (χ3v) is 3.77. The summed E-state index contributed by atoms with van der Waals surface area (Å²) in [5.41, 5.74) is 5.88. The van der Waals surface area contributed by atoms with E-state index in [2.05, 4.69) is 47.9 Å². The summed E-state index contributed by atoms with van der Waals surface area (Å²) in [5, 5.41) is 3.19. The highest BCUT2D eigenvalue weighted by molar-refractivity contribution is 5.77. The van der Waals surface area contributed by atoms with Gasteiger partial charge in [0.25, 0.3) is 0 Å². The van der Waals surface area contributed by atoms with Gasteiger partial charge in [-0.1, -0.05) is 20.8 Å². The molecule has 1 rings (SSSR count). The number of piperazine rings is 1. The summed E-state index contributed by atoms with van der Waals surface area (Å²) in [6.45, 7) is 14.2. The summed E-state index contributed by atoms with van der Waals surface area (Å²) in [6, 6.07) is 0. The van der Waals surface area contributed by atoms with Gasteiger partial charge < -0.3 is 20.9 Å². The van der Waals surface area contributed by atoms with Crippen molar-refractivity contribution >= 4 is 5.96 Å². The minimum absolute atomic E-state index is 0.559. The van der Waals surface area contributed by atoms with Crippen molar-refractivity contribution in [3.8, 4) is 0 Å². The summed E-state index contributed by atoms with van der Waals surface area (Å²) >= 11 is 0. The largest absolute Gasteiger partial charge is 0.370 e. The van der Waals surface area contributed by atoms with E-state index in [1.807, 2.05) is 0 Å². The molecule has 0 bridgehead atoms. The maximum absolute atomic E-state index is 5.88. The van der Waals surface area contributed by atoms with E-state index < -0.39 is 0 Å². The van der Waals surface area contributed by atoms with Gasteiger partial charge in [-0.15, -0.1) is 0 Å². The Hall–Kier alpha value is -0.810. The predicted molar refractivity (Wildman–Crippen MR) is 87.0 cm³/mol. The molecule has 118 valence electrons. The molecule has 1 saturated heterocycles. The van der Waals surface area contributed by atoms with Crippen LogP contribution < -0.4 is 11.1 Å². The van der Waals surface area contributed by atoms with Gasteiger partial charge in [0.1, 0.15) is 0 Å². The fourth-order valence-corrected chi connectivity index (χ4v) is 2.33. The zero-order chi connectivity index (χ0) is 15.0. The molecule has 1 aliphatic rings. The first-order chi connectivity index (χ1) is 9.47. The van der Waals surface area contributed by atoms with Crippen LogP contribution in [0.5, 0.6) is 0 Å². The van der Waals surface area contributed by atoms with E-state index in [9.17, 15) is 0 Å². The van der Waals surface area contributed by atoms with Crippen molar-refractivity contribution in [2.45, 2.75) is 27.2 Å². The Balaban J connectivity index is 2.16. The van der Waals surface area contributed by atoms with Gasteiger partial charge in [-0.05, 0) is 25.3 Å². The van der Waals surface area contributed by atoms with E-state index >= 15 is 0 Å². The Labute approximate surface area is 124 Å². The van der Waals surface area contributed by atoms with Crippen LogP contribution in [0.15, 0.2) is 4.99 Å². The highest BCUT2D eigenvalue weighted by Gasteiger charge is 2.15. The van der Waals surface area contributed by atoms with Gasteiger partial charge >= 0.3 is 0 Å². The van der Waals surface area contributed by atoms with Crippen LogP contribution in [0.25, 0.3) is 0 Å². The highest BCUT2D eigenvalue weighted by atomic mass is 15.2. The molecule has 0 aromatic carbocycles. The summed E-state index contributed by atoms with van der Waals surface area (Å²) in [4.78, 5) is 9.36. The zero-order valence-corrected chi connectivity index (χ0v) is 13.7. The molecule has 0 saturated carbocycles. The summed E-state index contributed by atoms with van der Waals surface area (Å²) < 4.78 is 0. The molecule has 1 heterocycles. The highest BCUT2D eigenvalue weighted by Crippen LogP contribution is 2.04. The lowest BCUT2D eigenvalue weighted by molar-refractivity contribution is 0.140. The van der Waals surface area contributed by atoms with Crippen molar-refractivity contribution < 1.29 is 0 Å². The van der Waals surface area contributed by atoms with Crippen LogP contribution in [0, 0.1) is 11.8 Å². The molecule has 20 heavy (non-hydrogen) atoms. The number of hydrogen-bond acceptors (Lipinski definition) is 3. The van der Waals surface area contributed by atoms with Crippen LogP contribution in [0.1, 0.15) is 27.2 Å². The molecule has 1 aliphatic heterocycles. The van der Waals surface area contributed by atoms with E-state index in [0.717, 1.165) is 26.1 Å². The van der Waals surface area contributed by atoms with Gasteiger partial charge in [0.2, 0.25) is 0 Å². The van der Waals surface area contributed by atoms with E-state index in [4.69, 9.17) is 5.73 Å². The molecule has 0 amide bonds. The third-order valence-electron chi connectivity index (χ3n) is 3.77. The number of rotatable bonds is 7. The molecule has 5 nitrogen and oxygen atoms in total. The molecule has 0 aromatic rings. The van der Waals surface area contributed by atoms with Crippen molar-refractivity contribution in [2.75, 3.05) is 52.9 Å². The Morgan fingerprint density at radius 2 is 1.85 bits per heavy atom. The Morgan fingerprint density at radius 1 is 1.20 bits per heavy atom. The van der Waals surface area contributed by atoms with Crippen molar-refractivity contribution in [1.82, 2.24) is 15.1 Å². The normalized spacial score (nSPS) is 20.4. The quantitative estimate of drug-likeness (QED) is 0.536. The summed E-state index contributed by atoms with van der Waals surface area (Å²) in [7, 11) is 2.19. The predicted octanol–water partition coefficient (Wildman–Crippen LogP) is 0.820. The van der Waals surface area contributed by atoms with Crippen molar-refractivity contribution in [2.24, 2.45) is 22.6 Å². The number of nitrogens with one attached hydrogen (secondary N) is 1. The topological polar surface area (TPSA) is 56.9 Å². The Morgan fingerprint density at radius 3 is 2.45 bits per heavy atom. The number of nitrogens with zero attached hydrogens (tertiary/aromatic N) is 3. The Kier molecular flexibility index (Phi) is 7.92. The van der Waals surface area contributed by atoms with Crippen LogP contribution in [-0.4, -0.2) is 68.6 Å². The van der Waals surface area contributed by atoms with Crippen LogP contribution in [0.3, 0.4) is 0 Å². The van der Waals surface area contributed by atoms with Gasteiger partial charge in [0.05, 0.1) is 0 Å². The number of guanidine groups is 1. The standard InChI is InChI=1S/C15H33N5/c1-13(2)5-6-17-15(16)18-11-14(3)12-20-9-7-19(4)8-10-20/h13-14H,5-12H2,1-4H3,(H3,16,17,18). The maximum atomic E-state index is 5.88. The van der Waals surface area contributed by atoms with Crippen LogP contribution >= 0.6 is 0 Å². The second-order valence-electron chi connectivity index (χ2n) is 6.54. The zero-order valence-electron chi connectivity index (χ0n) is 13.7. The van der Waals surface area contributed by atoms with Crippen LogP contribution in [-0.2, 0) is 0 Å². The average Bonchev–Trinajstić information content (AvgIpc) is 2.39. The first kappa shape index (κ1) is 17.2. The summed E-state index contributed by atoms with van der Waals surface area (Å²) in [6.07, 6.45) is 1.13. The average molecular weight is 283 g/mol. The molecule has 1 atom stereocenters. The van der Waals surface area contributed by atoms with Gasteiger partial charge in [-0.2, -0.15) is 0 Å². The Bertz CT molecular complexity index is 282. The van der Waals surface area contributed by atoms with E-state index in [-0.39, 0.29) is 0 Å². The number of hydrogen-bond donors (Lipinski definition) is 2. The van der Waals surface area contributed by atoms with E-state index in [0.29, 0.717) is 17.8 Å². The molecule has 0 radical (unpaired) electrons. The van der Waals surface area contributed by atoms with Gasteiger partial charge in [0.15, 0.2) is 5.96 Å². The SMILES string of the molecule is CC(C)CCNC(N)=NCC(C)CN1CCN(C)CC1. The lowest BCUT2D eigenvalue weighted by atomic mass is 10.1. The molecular weight excluding hydrogens is 250 g/mol. The molecular formula is C15H33N5. The molecule has 0 aliphatic carbocycles. The number of aliphatic imine (C=N–C) groups is 1. The fourth-order valence-electron chi connectivity index (χ4n) is 2.33. The molecule has 0 spiro atoms. The van der Waals surface area contributed by atoms with Crippen LogP contribution in [0.4, 0.5) is 0 Å². The number of nitrogens with two attached hydrogens (primary N) is 1. The maximum Gasteiger partial charge on any atom is 0.188 e. The lowest BCUT2D eigenvalue weighted by Gasteiger charge is -2.33. The van der Waals surface area contributed by atoms with Crippen LogP contribution in [0.2, 0.25) is 0 Å². The second-order valence-corrected chi connectivity index (χ2v) is 6.54. The van der Waals surface area contributed by atoms with Crippen molar-refractivity contribution in [3.05, 3.63) is 0 Å². The monoisotopic (exact) mass is 283 g/mol.